The minimum absolute atomic E-state index is 0.00846. The number of thiocarbonyl (C=S) groups is 1. The fourth-order valence-electron chi connectivity index (χ4n) is 7.15. The number of ether oxygens (including phenoxy) is 2. The molecule has 0 radical (unpaired) electrons. The Morgan fingerprint density at radius 3 is 2.59 bits per heavy atom. The molecule has 2 amide bonds. The van der Waals surface area contributed by atoms with Gasteiger partial charge < -0.3 is 19.6 Å². The summed E-state index contributed by atoms with van der Waals surface area (Å²) < 4.78 is 18.0. The van der Waals surface area contributed by atoms with Crippen LogP contribution < -0.4 is 15.2 Å². The Hall–Kier alpha value is -2.82. The van der Waals surface area contributed by atoms with Crippen molar-refractivity contribution in [1.82, 2.24) is 9.80 Å². The smallest absolute Gasteiger partial charge is 0.266 e. The molecule has 1 aromatic carbocycles. The summed E-state index contributed by atoms with van der Waals surface area (Å²) in [4.78, 5) is 30.2. The zero-order valence-corrected chi connectivity index (χ0v) is 25.2. The van der Waals surface area contributed by atoms with Crippen LogP contribution in [-0.4, -0.2) is 65.3 Å². The Labute approximate surface area is 250 Å². The number of primary amides is 1. The van der Waals surface area contributed by atoms with Crippen LogP contribution in [0.2, 0.25) is 0 Å². The van der Waals surface area contributed by atoms with Crippen molar-refractivity contribution in [3.05, 3.63) is 40.5 Å². The van der Waals surface area contributed by atoms with Gasteiger partial charge in [0.25, 0.3) is 5.91 Å². The van der Waals surface area contributed by atoms with E-state index < -0.39 is 0 Å². The molecule has 2 N–H and O–H groups in total. The Bertz CT molecular complexity index is 1370. The van der Waals surface area contributed by atoms with Gasteiger partial charge in [0, 0.05) is 23.7 Å². The highest BCUT2D eigenvalue weighted by molar-refractivity contribution is 8.26. The molecule has 8 nitrogen and oxygen atoms in total. The van der Waals surface area contributed by atoms with Crippen LogP contribution in [0.3, 0.4) is 0 Å². The maximum absolute atomic E-state index is 13.7. The topological polar surface area (TPSA) is 98.2 Å². The number of aryl methyl sites for hydroxylation is 1. The van der Waals surface area contributed by atoms with E-state index in [2.05, 4.69) is 4.90 Å². The summed E-state index contributed by atoms with van der Waals surface area (Å²) >= 11 is 7.10. The lowest BCUT2D eigenvalue weighted by Crippen LogP contribution is -2.41. The first-order valence-corrected chi connectivity index (χ1v) is 15.7. The van der Waals surface area contributed by atoms with Gasteiger partial charge >= 0.3 is 0 Å². The van der Waals surface area contributed by atoms with Crippen LogP contribution in [0.25, 0.3) is 17.4 Å². The van der Waals surface area contributed by atoms with Crippen LogP contribution in [0.1, 0.15) is 56.3 Å². The highest BCUT2D eigenvalue weighted by atomic mass is 32.2. The molecule has 6 rings (SSSR count). The van der Waals surface area contributed by atoms with Crippen molar-refractivity contribution >= 4 is 46.2 Å². The molecule has 4 aliphatic rings. The SMILES string of the molecule is COc1cc(OC)cc(-c2cc(CCCN3CCC[C@H]3C(N)=O)c(/C=C3\SC(=S)N(C4CC5CCC4C5)C3=O)o2)c1. The molecule has 4 fully saturated rings. The number of hydrogen-bond acceptors (Lipinski definition) is 8. The Kier molecular flexibility index (Phi) is 8.16. The molecule has 2 saturated heterocycles. The van der Waals surface area contributed by atoms with Crippen molar-refractivity contribution in [2.45, 2.75) is 63.5 Å². The number of thioether (sulfide) groups is 1. The second-order valence-electron chi connectivity index (χ2n) is 11.6. The summed E-state index contributed by atoms with van der Waals surface area (Å²) in [6.07, 6.45) is 9.96. The van der Waals surface area contributed by atoms with E-state index in [0.717, 1.165) is 62.2 Å². The van der Waals surface area contributed by atoms with E-state index in [1.54, 1.807) is 14.2 Å². The molecule has 0 spiro atoms. The molecular formula is C31H37N3O5S2. The zero-order valence-electron chi connectivity index (χ0n) is 23.6. The Balaban J connectivity index is 1.28. The fraction of sp³-hybridized carbons (Fsp3) is 0.516. The van der Waals surface area contributed by atoms with Gasteiger partial charge in [-0.15, -0.1) is 0 Å². The number of methoxy groups -OCH3 is 2. The van der Waals surface area contributed by atoms with E-state index in [1.807, 2.05) is 35.2 Å². The third-order valence-electron chi connectivity index (χ3n) is 9.18. The van der Waals surface area contributed by atoms with Crippen LogP contribution in [0.4, 0.5) is 0 Å². The lowest BCUT2D eigenvalue weighted by atomic mass is 9.94. The molecule has 2 saturated carbocycles. The second-order valence-corrected chi connectivity index (χ2v) is 13.3. The summed E-state index contributed by atoms with van der Waals surface area (Å²) in [6.45, 7) is 1.65. The predicted molar refractivity (Wildman–Crippen MR) is 164 cm³/mol. The minimum atomic E-state index is -0.252. The van der Waals surface area contributed by atoms with Gasteiger partial charge in [0.1, 0.15) is 27.3 Å². The van der Waals surface area contributed by atoms with Gasteiger partial charge in [-0.2, -0.15) is 0 Å². The van der Waals surface area contributed by atoms with Crippen molar-refractivity contribution in [3.63, 3.8) is 0 Å². The summed E-state index contributed by atoms with van der Waals surface area (Å²) in [5.41, 5.74) is 7.46. The van der Waals surface area contributed by atoms with Gasteiger partial charge in [0.05, 0.1) is 25.2 Å². The van der Waals surface area contributed by atoms with Gasteiger partial charge in [0.15, 0.2) is 0 Å². The van der Waals surface area contributed by atoms with Crippen LogP contribution in [-0.2, 0) is 16.0 Å². The number of fused-ring (bicyclic) bond motifs is 2. The summed E-state index contributed by atoms with van der Waals surface area (Å²) in [7, 11) is 3.24. The third-order valence-corrected chi connectivity index (χ3v) is 10.5. The number of carbonyl (C=O) groups is 2. The van der Waals surface area contributed by atoms with E-state index in [0.29, 0.717) is 38.2 Å². The van der Waals surface area contributed by atoms with Crippen molar-refractivity contribution in [3.8, 4) is 22.8 Å². The Morgan fingerprint density at radius 2 is 1.93 bits per heavy atom. The van der Waals surface area contributed by atoms with Gasteiger partial charge in [-0.1, -0.05) is 30.4 Å². The van der Waals surface area contributed by atoms with E-state index in [9.17, 15) is 9.59 Å². The van der Waals surface area contributed by atoms with Crippen molar-refractivity contribution < 1.29 is 23.5 Å². The zero-order chi connectivity index (χ0) is 28.7. The fourth-order valence-corrected chi connectivity index (χ4v) is 8.50. The third kappa shape index (κ3) is 5.66. The molecule has 41 heavy (non-hydrogen) atoms. The van der Waals surface area contributed by atoms with E-state index in [4.69, 9.17) is 31.8 Å². The molecule has 10 heteroatoms. The number of nitrogens with two attached hydrogens (primary N) is 1. The number of nitrogens with zero attached hydrogens (tertiary/aromatic N) is 2. The number of benzene rings is 1. The van der Waals surface area contributed by atoms with E-state index in [1.165, 1.54) is 31.0 Å². The number of hydrogen-bond donors (Lipinski definition) is 1. The molecule has 3 heterocycles. The largest absolute Gasteiger partial charge is 0.497 e. The average molecular weight is 596 g/mol. The molecule has 2 aromatic rings. The van der Waals surface area contributed by atoms with Gasteiger partial charge in [-0.3, -0.25) is 19.4 Å². The van der Waals surface area contributed by atoms with Crippen LogP contribution in [0.15, 0.2) is 33.6 Å². The number of furan rings is 1. The number of rotatable bonds is 10. The van der Waals surface area contributed by atoms with E-state index in [-0.39, 0.29) is 23.9 Å². The maximum Gasteiger partial charge on any atom is 0.266 e. The van der Waals surface area contributed by atoms with Crippen LogP contribution >= 0.6 is 24.0 Å². The highest BCUT2D eigenvalue weighted by Crippen LogP contribution is 2.49. The molecule has 2 aliphatic heterocycles. The van der Waals surface area contributed by atoms with Gasteiger partial charge in [0.2, 0.25) is 5.91 Å². The molecule has 2 aliphatic carbocycles. The second kappa shape index (κ2) is 11.8. The maximum atomic E-state index is 13.7. The normalized spacial score (nSPS) is 27.0. The minimum Gasteiger partial charge on any atom is -0.497 e. The number of likely N-dealkylation sites (tertiary alicyclic amines) is 1. The quantitative estimate of drug-likeness (QED) is 0.294. The van der Waals surface area contributed by atoms with Crippen molar-refractivity contribution in [2.24, 2.45) is 17.6 Å². The van der Waals surface area contributed by atoms with Gasteiger partial charge in [-0.25, -0.2) is 0 Å². The standard InChI is InChI=1S/C31H37N3O5S2/c1-37-22-13-21(14-23(16-22)38-2)26-15-20(5-3-9-33-10-4-6-24(33)29(32)35)27(39-26)17-28-30(36)34(31(40)41-28)25-12-18-7-8-19(25)11-18/h13-19,24-25H,3-12H2,1-2H3,(H2,32,35)/b28-17-/t18?,19?,24-,25?/m0/s1. The van der Waals surface area contributed by atoms with Crippen molar-refractivity contribution in [1.29, 1.82) is 0 Å². The van der Waals surface area contributed by atoms with E-state index >= 15 is 0 Å². The molecule has 218 valence electrons. The summed E-state index contributed by atoms with van der Waals surface area (Å²) in [5, 5.41) is 0. The average Bonchev–Trinajstić information content (AvgIpc) is 3.79. The summed E-state index contributed by atoms with van der Waals surface area (Å²) in [6, 6.07) is 7.70. The Morgan fingerprint density at radius 1 is 1.15 bits per heavy atom. The first-order chi connectivity index (χ1) is 19.8. The lowest BCUT2D eigenvalue weighted by molar-refractivity contribution is -0.124. The molecule has 4 atom stereocenters. The monoisotopic (exact) mass is 595 g/mol. The lowest BCUT2D eigenvalue weighted by Gasteiger charge is -2.30. The first kappa shape index (κ1) is 28.3. The molecule has 2 bridgehead atoms. The van der Waals surface area contributed by atoms with Crippen molar-refractivity contribution in [2.75, 3.05) is 27.3 Å². The highest BCUT2D eigenvalue weighted by Gasteiger charge is 2.48. The molecule has 1 aromatic heterocycles. The molecule has 3 unspecified atom stereocenters. The first-order valence-electron chi connectivity index (χ1n) is 14.5. The van der Waals surface area contributed by atoms with Crippen LogP contribution in [0, 0.1) is 11.8 Å². The van der Waals surface area contributed by atoms with Gasteiger partial charge in [-0.05, 0) is 93.6 Å². The number of carbonyl (C=O) groups excluding carboxylic acids is 2. The molecular weight excluding hydrogens is 558 g/mol. The summed E-state index contributed by atoms with van der Waals surface area (Å²) in [5.74, 6) is 3.68. The van der Waals surface area contributed by atoms with Crippen LogP contribution in [0.5, 0.6) is 11.5 Å². The predicted octanol–water partition coefficient (Wildman–Crippen LogP) is 5.24. The number of amides is 2.